The Bertz CT molecular complexity index is 1750. The molecule has 4 amide bonds. The van der Waals surface area contributed by atoms with Crippen LogP contribution in [0.2, 0.25) is 0 Å². The van der Waals surface area contributed by atoms with Gasteiger partial charge in [-0.1, -0.05) is 73.9 Å². The summed E-state index contributed by atoms with van der Waals surface area (Å²) in [5.74, 6) is 0.0885. The van der Waals surface area contributed by atoms with Gasteiger partial charge in [0.25, 0.3) is 5.91 Å². The third-order valence-corrected chi connectivity index (χ3v) is 11.4. The van der Waals surface area contributed by atoms with Gasteiger partial charge in [0.1, 0.15) is 23.9 Å². The van der Waals surface area contributed by atoms with Crippen molar-refractivity contribution in [3.63, 3.8) is 0 Å². The molecule has 7 rings (SSSR count). The Hall–Kier alpha value is -4.90. The van der Waals surface area contributed by atoms with Gasteiger partial charge in [0.2, 0.25) is 17.7 Å². The lowest BCUT2D eigenvalue weighted by Crippen LogP contribution is -2.60. The van der Waals surface area contributed by atoms with E-state index < -0.39 is 17.6 Å². The molecule has 0 bridgehead atoms. The van der Waals surface area contributed by atoms with Crippen molar-refractivity contribution in [1.82, 2.24) is 25.8 Å². The Morgan fingerprint density at radius 3 is 2.40 bits per heavy atom. The Kier molecular flexibility index (Phi) is 10.8. The van der Waals surface area contributed by atoms with Gasteiger partial charge >= 0.3 is 0 Å². The van der Waals surface area contributed by atoms with E-state index in [9.17, 15) is 19.2 Å². The molecule has 11 heteroatoms. The monoisotopic (exact) mass is 706 g/mol. The van der Waals surface area contributed by atoms with Crippen molar-refractivity contribution in [2.75, 3.05) is 38.3 Å². The first-order valence-electron chi connectivity index (χ1n) is 18.8. The first-order valence-corrected chi connectivity index (χ1v) is 18.8. The zero-order valence-corrected chi connectivity index (χ0v) is 30.0. The molecule has 2 saturated heterocycles. The minimum Gasteiger partial charge on any atom is -0.497 e. The molecule has 3 aromatic carbocycles. The largest absolute Gasteiger partial charge is 0.497 e. The van der Waals surface area contributed by atoms with Crippen molar-refractivity contribution < 1.29 is 23.9 Å². The number of fused-ring (bicyclic) bond motifs is 1. The smallest absolute Gasteiger partial charge is 0.250 e. The van der Waals surface area contributed by atoms with E-state index in [0.717, 1.165) is 42.5 Å². The minimum atomic E-state index is -0.881. The lowest BCUT2D eigenvalue weighted by molar-refractivity contribution is -0.141. The van der Waals surface area contributed by atoms with E-state index in [1.807, 2.05) is 72.8 Å². The molecule has 0 aromatic heterocycles. The van der Waals surface area contributed by atoms with E-state index in [1.54, 1.807) is 16.9 Å². The Morgan fingerprint density at radius 1 is 0.923 bits per heavy atom. The van der Waals surface area contributed by atoms with Crippen LogP contribution >= 0.6 is 0 Å². The number of benzene rings is 3. The number of anilines is 1. The second-order valence-corrected chi connectivity index (χ2v) is 14.7. The average molecular weight is 707 g/mol. The quantitative estimate of drug-likeness (QED) is 0.295. The van der Waals surface area contributed by atoms with E-state index >= 15 is 0 Å². The molecule has 2 atom stereocenters. The Balaban J connectivity index is 1.07. The van der Waals surface area contributed by atoms with Crippen molar-refractivity contribution >= 4 is 29.3 Å². The van der Waals surface area contributed by atoms with Gasteiger partial charge in [0.05, 0.1) is 19.8 Å². The van der Waals surface area contributed by atoms with Crippen LogP contribution in [0.15, 0.2) is 78.9 Å². The zero-order chi connectivity index (χ0) is 36.1. The number of piperidine rings is 1. The molecule has 1 spiro atoms. The molecule has 52 heavy (non-hydrogen) atoms. The van der Waals surface area contributed by atoms with Crippen LogP contribution in [-0.4, -0.2) is 90.5 Å². The highest BCUT2D eigenvalue weighted by Crippen LogP contribution is 2.39. The first-order chi connectivity index (χ1) is 25.3. The van der Waals surface area contributed by atoms with E-state index in [2.05, 4.69) is 26.9 Å². The summed E-state index contributed by atoms with van der Waals surface area (Å²) in [4.78, 5) is 61.3. The molecule has 11 nitrogen and oxygen atoms in total. The van der Waals surface area contributed by atoms with Gasteiger partial charge in [-0.25, -0.2) is 0 Å². The van der Waals surface area contributed by atoms with Gasteiger partial charge in [0, 0.05) is 37.8 Å². The molecule has 1 saturated carbocycles. The summed E-state index contributed by atoms with van der Waals surface area (Å²) in [6, 6.07) is 24.4. The van der Waals surface area contributed by atoms with E-state index in [1.165, 1.54) is 12.0 Å². The summed E-state index contributed by atoms with van der Waals surface area (Å²) in [7, 11) is 1.60. The average Bonchev–Trinajstić information content (AvgIpc) is 3.44. The van der Waals surface area contributed by atoms with Crippen molar-refractivity contribution in [2.24, 2.45) is 0 Å². The highest BCUT2D eigenvalue weighted by atomic mass is 16.5. The lowest BCUT2D eigenvalue weighted by Gasteiger charge is -2.44. The summed E-state index contributed by atoms with van der Waals surface area (Å²) in [5, 5.41) is 9.62. The van der Waals surface area contributed by atoms with Crippen LogP contribution in [0.5, 0.6) is 5.75 Å². The molecule has 3 N–H and O–H groups in total. The van der Waals surface area contributed by atoms with Crippen LogP contribution in [0.25, 0.3) is 0 Å². The molecular weight excluding hydrogens is 656 g/mol. The number of ether oxygens (including phenoxy) is 1. The van der Waals surface area contributed by atoms with Crippen molar-refractivity contribution in [3.8, 4) is 5.75 Å². The predicted molar refractivity (Wildman–Crippen MR) is 198 cm³/mol. The number of carbonyl (C=O) groups excluding carboxylic acids is 4. The predicted octanol–water partition coefficient (Wildman–Crippen LogP) is 3.55. The summed E-state index contributed by atoms with van der Waals surface area (Å²) < 4.78 is 5.45. The number of nitrogens with one attached hydrogen (secondary N) is 3. The van der Waals surface area contributed by atoms with E-state index in [0.29, 0.717) is 57.7 Å². The van der Waals surface area contributed by atoms with Gasteiger partial charge < -0.3 is 35.4 Å². The van der Waals surface area contributed by atoms with E-state index in [-0.39, 0.29) is 36.2 Å². The molecule has 0 radical (unpaired) electrons. The fraction of sp³-hybridized carbons (Fsp3) is 0.463. The molecule has 3 heterocycles. The van der Waals surface area contributed by atoms with Gasteiger partial charge in [-0.3, -0.25) is 19.2 Å². The maximum Gasteiger partial charge on any atom is 0.250 e. The second kappa shape index (κ2) is 15.8. The standard InChI is InChI=1S/C41H50N6O5/c1-52-34-18-10-11-29(23-34)24-36(44-38(49)35-25-30-12-8-9-13-31(30)26-42-35)39(50)45-21-19-41(20-22-45)40(51)46(28-47(41)33-16-6-3-7-17-33)27-37(48)43-32-14-4-2-5-15-32/h3,6-13,16-18,23,32,35-36,42H,2,4-5,14-15,19-22,24-28H2,1H3,(H,43,48)(H,44,49). The van der Waals surface area contributed by atoms with E-state index in [4.69, 9.17) is 4.74 Å². The molecule has 1 aliphatic carbocycles. The van der Waals surface area contributed by atoms with Crippen molar-refractivity contribution in [3.05, 3.63) is 95.6 Å². The fourth-order valence-corrected chi connectivity index (χ4v) is 8.48. The number of hydrogen-bond donors (Lipinski definition) is 3. The number of methoxy groups -OCH3 is 1. The molecule has 3 aromatic rings. The number of likely N-dealkylation sites (tertiary alicyclic amines) is 1. The number of carbonyl (C=O) groups is 4. The number of amides is 4. The van der Waals surface area contributed by atoms with Crippen LogP contribution in [-0.2, 0) is 38.6 Å². The summed E-state index contributed by atoms with van der Waals surface area (Å²) in [6.45, 7) is 1.59. The Morgan fingerprint density at radius 2 is 1.65 bits per heavy atom. The van der Waals surface area contributed by atoms with Gasteiger partial charge in [-0.15, -0.1) is 0 Å². The molecule has 3 fully saturated rings. The molecule has 2 unspecified atom stereocenters. The van der Waals surface area contributed by atoms with Gasteiger partial charge in [-0.2, -0.15) is 0 Å². The molecular formula is C41H50N6O5. The van der Waals surface area contributed by atoms with Crippen LogP contribution in [0, 0.1) is 0 Å². The minimum absolute atomic E-state index is 0.0113. The number of para-hydroxylation sites is 1. The first kappa shape index (κ1) is 35.5. The fourth-order valence-electron chi connectivity index (χ4n) is 8.48. The van der Waals surface area contributed by atoms with Crippen LogP contribution in [0.4, 0.5) is 5.69 Å². The highest BCUT2D eigenvalue weighted by molar-refractivity contribution is 5.97. The van der Waals surface area contributed by atoms with Crippen LogP contribution in [0.3, 0.4) is 0 Å². The highest BCUT2D eigenvalue weighted by Gasteiger charge is 2.54. The number of nitrogens with zero attached hydrogens (tertiary/aromatic N) is 3. The third-order valence-electron chi connectivity index (χ3n) is 11.4. The summed E-state index contributed by atoms with van der Waals surface area (Å²) in [6.07, 6.45) is 7.05. The van der Waals surface area contributed by atoms with Gasteiger partial charge in [0.15, 0.2) is 0 Å². The number of rotatable bonds is 10. The van der Waals surface area contributed by atoms with Gasteiger partial charge in [-0.05, 0) is 73.1 Å². The van der Waals surface area contributed by atoms with Crippen LogP contribution < -0.4 is 25.6 Å². The maximum atomic E-state index is 14.4. The summed E-state index contributed by atoms with van der Waals surface area (Å²) >= 11 is 0. The van der Waals surface area contributed by atoms with Crippen molar-refractivity contribution in [1.29, 1.82) is 0 Å². The molecule has 4 aliphatic rings. The topological polar surface area (TPSA) is 123 Å². The number of hydrogen-bond acceptors (Lipinski definition) is 7. The Labute approximate surface area is 306 Å². The molecule has 274 valence electrons. The lowest BCUT2D eigenvalue weighted by atomic mass is 9.85. The van der Waals surface area contributed by atoms with Crippen LogP contribution in [0.1, 0.15) is 61.6 Å². The zero-order valence-electron chi connectivity index (χ0n) is 30.0. The second-order valence-electron chi connectivity index (χ2n) is 14.7. The molecule has 3 aliphatic heterocycles. The third kappa shape index (κ3) is 7.65. The SMILES string of the molecule is COc1cccc(CC(NC(=O)C2Cc3ccccc3CN2)C(=O)N2CCC3(CC2)C(=O)N(CC(=O)NC2CCCCC2)CN3c2ccccc2)c1. The maximum absolute atomic E-state index is 14.4. The normalized spacial score (nSPS) is 20.7. The summed E-state index contributed by atoms with van der Waals surface area (Å²) in [5.41, 5.74) is 3.21. The van der Waals surface area contributed by atoms with Crippen molar-refractivity contribution in [2.45, 2.75) is 88.0 Å².